The first-order valence-corrected chi connectivity index (χ1v) is 12.1. The first-order valence-electron chi connectivity index (χ1n) is 12.1. The van der Waals surface area contributed by atoms with E-state index in [9.17, 15) is 9.59 Å². The second-order valence-corrected chi connectivity index (χ2v) is 8.99. The second-order valence-electron chi connectivity index (χ2n) is 8.99. The largest absolute Gasteiger partial charge is 0.484 e. The molecule has 2 amide bonds. The molecule has 1 atom stereocenters. The third-order valence-corrected chi connectivity index (χ3v) is 6.41. The standard InChI is InChI=1S/C31H28N2O3/c1-22-9-8-12-25(19-22)30-28-20-27(36-21-29(34)32-26-13-6-3-7-14-26)16-15-23(28)17-18-33(30)31(35)24-10-4-2-5-11-24/h2-16,19-20,30H,17-18,21H2,1H3,(H,32,34). The second kappa shape index (κ2) is 10.5. The molecule has 0 saturated carbocycles. The monoisotopic (exact) mass is 476 g/mol. The SMILES string of the molecule is Cc1cccc(C2c3cc(OCC(=O)Nc4ccccc4)ccc3CCN2C(=O)c2ccccc2)c1. The van der Waals surface area contributed by atoms with Crippen LogP contribution in [0.4, 0.5) is 5.69 Å². The summed E-state index contributed by atoms with van der Waals surface area (Å²) in [5.74, 6) is 0.375. The summed E-state index contributed by atoms with van der Waals surface area (Å²) >= 11 is 0. The number of aryl methyl sites for hydroxylation is 1. The van der Waals surface area contributed by atoms with Crippen molar-refractivity contribution in [2.24, 2.45) is 0 Å². The number of ether oxygens (including phenoxy) is 1. The van der Waals surface area contributed by atoms with Gasteiger partial charge >= 0.3 is 0 Å². The summed E-state index contributed by atoms with van der Waals surface area (Å²) in [7, 11) is 0. The van der Waals surface area contributed by atoms with Crippen molar-refractivity contribution in [1.82, 2.24) is 4.90 Å². The number of carbonyl (C=O) groups excluding carboxylic acids is 2. The maximum atomic E-state index is 13.6. The van der Waals surface area contributed by atoms with Crippen molar-refractivity contribution in [3.05, 3.63) is 131 Å². The van der Waals surface area contributed by atoms with E-state index in [1.165, 1.54) is 5.56 Å². The molecule has 4 aromatic rings. The molecular weight excluding hydrogens is 448 g/mol. The third kappa shape index (κ3) is 5.15. The molecule has 5 rings (SSSR count). The van der Waals surface area contributed by atoms with Gasteiger partial charge in [-0.25, -0.2) is 0 Å². The van der Waals surface area contributed by atoms with E-state index >= 15 is 0 Å². The van der Waals surface area contributed by atoms with Crippen LogP contribution in [0.2, 0.25) is 0 Å². The highest BCUT2D eigenvalue weighted by atomic mass is 16.5. The number of hydrogen-bond donors (Lipinski definition) is 1. The van der Waals surface area contributed by atoms with Gasteiger partial charge in [-0.15, -0.1) is 0 Å². The van der Waals surface area contributed by atoms with Crippen molar-refractivity contribution in [2.75, 3.05) is 18.5 Å². The van der Waals surface area contributed by atoms with Gasteiger partial charge in [-0.3, -0.25) is 9.59 Å². The Morgan fingerprint density at radius 1 is 0.889 bits per heavy atom. The Morgan fingerprint density at radius 3 is 2.39 bits per heavy atom. The molecule has 0 saturated heterocycles. The Morgan fingerprint density at radius 2 is 1.64 bits per heavy atom. The van der Waals surface area contributed by atoms with E-state index in [4.69, 9.17) is 4.74 Å². The van der Waals surface area contributed by atoms with Gasteiger partial charge in [0, 0.05) is 17.8 Å². The van der Waals surface area contributed by atoms with E-state index in [1.54, 1.807) is 0 Å². The number of hydrogen-bond acceptors (Lipinski definition) is 3. The van der Waals surface area contributed by atoms with Crippen LogP contribution in [0.15, 0.2) is 103 Å². The number of amides is 2. The number of nitrogens with zero attached hydrogens (tertiary/aromatic N) is 1. The molecule has 5 nitrogen and oxygen atoms in total. The molecular formula is C31H28N2O3. The zero-order valence-corrected chi connectivity index (χ0v) is 20.2. The van der Waals surface area contributed by atoms with Gasteiger partial charge in [0.25, 0.3) is 11.8 Å². The average molecular weight is 477 g/mol. The van der Waals surface area contributed by atoms with E-state index in [2.05, 4.69) is 30.4 Å². The molecule has 0 bridgehead atoms. The van der Waals surface area contributed by atoms with Crippen LogP contribution in [0.25, 0.3) is 0 Å². The van der Waals surface area contributed by atoms with Crippen LogP contribution >= 0.6 is 0 Å². The number of fused-ring (bicyclic) bond motifs is 1. The summed E-state index contributed by atoms with van der Waals surface area (Å²) in [5, 5.41) is 2.84. The number of rotatable bonds is 6. The van der Waals surface area contributed by atoms with E-state index in [0.717, 1.165) is 28.8 Å². The minimum Gasteiger partial charge on any atom is -0.484 e. The molecule has 0 radical (unpaired) electrons. The van der Waals surface area contributed by atoms with Gasteiger partial charge < -0.3 is 15.0 Å². The van der Waals surface area contributed by atoms with Crippen LogP contribution in [-0.4, -0.2) is 29.9 Å². The lowest BCUT2D eigenvalue weighted by Crippen LogP contribution is -2.40. The molecule has 0 spiro atoms. The zero-order valence-electron chi connectivity index (χ0n) is 20.2. The molecule has 0 aliphatic carbocycles. The van der Waals surface area contributed by atoms with Gasteiger partial charge in [0.2, 0.25) is 0 Å². The number of anilines is 1. The molecule has 36 heavy (non-hydrogen) atoms. The number of carbonyl (C=O) groups is 2. The fourth-order valence-electron chi connectivity index (χ4n) is 4.72. The quantitative estimate of drug-likeness (QED) is 0.383. The first-order chi connectivity index (χ1) is 17.6. The molecule has 1 aliphatic heterocycles. The van der Waals surface area contributed by atoms with Gasteiger partial charge in [-0.1, -0.05) is 72.3 Å². The zero-order chi connectivity index (χ0) is 24.9. The van der Waals surface area contributed by atoms with Gasteiger partial charge in [-0.2, -0.15) is 0 Å². The van der Waals surface area contributed by atoms with Gasteiger partial charge in [0.15, 0.2) is 6.61 Å². The minimum atomic E-state index is -0.247. The van der Waals surface area contributed by atoms with Gasteiger partial charge in [0.1, 0.15) is 5.75 Å². The molecule has 1 aliphatic rings. The fraction of sp³-hybridized carbons (Fsp3) is 0.161. The number of benzene rings is 4. The van der Waals surface area contributed by atoms with Gasteiger partial charge in [-0.05, 0) is 66.4 Å². The van der Waals surface area contributed by atoms with Crippen LogP contribution in [0, 0.1) is 6.92 Å². The lowest BCUT2D eigenvalue weighted by atomic mass is 9.87. The van der Waals surface area contributed by atoms with Crippen molar-refractivity contribution < 1.29 is 14.3 Å². The maximum absolute atomic E-state index is 13.6. The van der Waals surface area contributed by atoms with Crippen molar-refractivity contribution in [1.29, 1.82) is 0 Å². The Labute approximate surface area is 211 Å². The molecule has 5 heteroatoms. The molecule has 1 N–H and O–H groups in total. The van der Waals surface area contributed by atoms with Gasteiger partial charge in [0.05, 0.1) is 6.04 Å². The van der Waals surface area contributed by atoms with Crippen molar-refractivity contribution in [3.8, 4) is 5.75 Å². The summed E-state index contributed by atoms with van der Waals surface area (Å²) in [5.41, 5.74) is 5.79. The number of nitrogens with one attached hydrogen (secondary N) is 1. The normalized spacial score (nSPS) is 14.6. The van der Waals surface area contributed by atoms with Crippen LogP contribution < -0.4 is 10.1 Å². The van der Waals surface area contributed by atoms with Crippen LogP contribution in [0.1, 0.15) is 38.7 Å². The van der Waals surface area contributed by atoms with E-state index in [0.29, 0.717) is 17.9 Å². The van der Waals surface area contributed by atoms with Crippen molar-refractivity contribution >= 4 is 17.5 Å². The molecule has 0 fully saturated rings. The van der Waals surface area contributed by atoms with E-state index < -0.39 is 0 Å². The minimum absolute atomic E-state index is 0.00122. The topological polar surface area (TPSA) is 58.6 Å². The Balaban J connectivity index is 1.43. The third-order valence-electron chi connectivity index (χ3n) is 6.41. The summed E-state index contributed by atoms with van der Waals surface area (Å²) in [6.07, 6.45) is 0.755. The van der Waals surface area contributed by atoms with E-state index in [-0.39, 0.29) is 24.5 Å². The summed E-state index contributed by atoms with van der Waals surface area (Å²) < 4.78 is 5.88. The molecule has 0 aromatic heterocycles. The Hall–Kier alpha value is -4.38. The predicted molar refractivity (Wildman–Crippen MR) is 141 cm³/mol. The molecule has 1 unspecified atom stereocenters. The van der Waals surface area contributed by atoms with Crippen molar-refractivity contribution in [3.63, 3.8) is 0 Å². The van der Waals surface area contributed by atoms with Crippen LogP contribution in [0.5, 0.6) is 5.75 Å². The fourth-order valence-corrected chi connectivity index (χ4v) is 4.72. The average Bonchev–Trinajstić information content (AvgIpc) is 2.92. The van der Waals surface area contributed by atoms with Crippen molar-refractivity contribution in [2.45, 2.75) is 19.4 Å². The smallest absolute Gasteiger partial charge is 0.262 e. The first kappa shape index (κ1) is 23.4. The maximum Gasteiger partial charge on any atom is 0.262 e. The predicted octanol–water partition coefficient (Wildman–Crippen LogP) is 5.80. The Bertz CT molecular complexity index is 1370. The lowest BCUT2D eigenvalue weighted by molar-refractivity contribution is -0.118. The molecule has 1 heterocycles. The lowest BCUT2D eigenvalue weighted by Gasteiger charge is -2.38. The highest BCUT2D eigenvalue weighted by Gasteiger charge is 2.33. The highest BCUT2D eigenvalue weighted by Crippen LogP contribution is 2.38. The van der Waals surface area contributed by atoms with Crippen LogP contribution in [0.3, 0.4) is 0 Å². The summed E-state index contributed by atoms with van der Waals surface area (Å²) in [6.45, 7) is 2.58. The van der Waals surface area contributed by atoms with Crippen LogP contribution in [-0.2, 0) is 11.2 Å². The molecule has 4 aromatic carbocycles. The highest BCUT2D eigenvalue weighted by molar-refractivity contribution is 5.95. The van der Waals surface area contributed by atoms with E-state index in [1.807, 2.05) is 89.8 Å². The summed E-state index contributed by atoms with van der Waals surface area (Å²) in [4.78, 5) is 27.9. The summed E-state index contributed by atoms with van der Waals surface area (Å²) in [6, 6.07) is 32.7. The Kier molecular flexibility index (Phi) is 6.80. The molecule has 180 valence electrons. The number of para-hydroxylation sites is 1.